The monoisotopic (exact) mass is 335 g/mol. The summed E-state index contributed by atoms with van der Waals surface area (Å²) in [6, 6.07) is 18.6. The second-order valence-electron chi connectivity index (χ2n) is 5.86. The van der Waals surface area contributed by atoms with Crippen molar-refractivity contribution in [1.82, 2.24) is 5.32 Å². The fraction of sp³-hybridized carbons (Fsp3) is 0.250. The molecule has 5 nitrogen and oxygen atoms in total. The molecule has 0 saturated carbocycles. The van der Waals surface area contributed by atoms with Crippen LogP contribution in [0, 0.1) is 11.3 Å². The molecule has 0 spiro atoms. The maximum atomic E-state index is 12.3. The van der Waals surface area contributed by atoms with Gasteiger partial charge in [-0.1, -0.05) is 30.3 Å². The van der Waals surface area contributed by atoms with Crippen molar-refractivity contribution >= 4 is 17.5 Å². The van der Waals surface area contributed by atoms with E-state index < -0.39 is 0 Å². The molecule has 0 bridgehead atoms. The SMILES string of the molecule is CC(CCc1ccccc1)NC(=O)c1ccc(NC(=O)CC#N)cc1. The Morgan fingerprint density at radius 3 is 2.40 bits per heavy atom. The van der Waals surface area contributed by atoms with Crippen molar-refractivity contribution in [2.75, 3.05) is 5.32 Å². The second-order valence-corrected chi connectivity index (χ2v) is 5.86. The zero-order valence-corrected chi connectivity index (χ0v) is 14.2. The van der Waals surface area contributed by atoms with Crippen LogP contribution < -0.4 is 10.6 Å². The summed E-state index contributed by atoms with van der Waals surface area (Å²) < 4.78 is 0. The lowest BCUT2D eigenvalue weighted by molar-refractivity contribution is -0.115. The Morgan fingerprint density at radius 2 is 1.76 bits per heavy atom. The fourth-order valence-corrected chi connectivity index (χ4v) is 2.39. The maximum absolute atomic E-state index is 12.3. The molecule has 5 heteroatoms. The molecule has 1 atom stereocenters. The summed E-state index contributed by atoms with van der Waals surface area (Å²) in [7, 11) is 0. The minimum atomic E-state index is -0.366. The first-order valence-electron chi connectivity index (χ1n) is 8.20. The van der Waals surface area contributed by atoms with Crippen LogP contribution >= 0.6 is 0 Å². The second kappa shape index (κ2) is 9.24. The molecular formula is C20H21N3O2. The lowest BCUT2D eigenvalue weighted by atomic mass is 10.1. The summed E-state index contributed by atoms with van der Waals surface area (Å²) in [5.74, 6) is -0.510. The molecule has 0 heterocycles. The number of hydrogen-bond donors (Lipinski definition) is 2. The molecule has 1 unspecified atom stereocenters. The van der Waals surface area contributed by atoms with Crippen LogP contribution in [0.15, 0.2) is 54.6 Å². The first-order chi connectivity index (χ1) is 12.1. The average Bonchev–Trinajstić information content (AvgIpc) is 2.61. The Kier molecular flexibility index (Phi) is 6.73. The number of rotatable bonds is 7. The smallest absolute Gasteiger partial charge is 0.251 e. The minimum absolute atomic E-state index is 0.0581. The Balaban J connectivity index is 1.83. The molecule has 25 heavy (non-hydrogen) atoms. The van der Waals surface area contributed by atoms with Crippen molar-refractivity contribution in [3.8, 4) is 6.07 Å². The number of anilines is 1. The van der Waals surface area contributed by atoms with E-state index in [0.717, 1.165) is 12.8 Å². The molecule has 2 aromatic rings. The van der Waals surface area contributed by atoms with Crippen LogP contribution in [0.2, 0.25) is 0 Å². The summed E-state index contributed by atoms with van der Waals surface area (Å²) in [6.07, 6.45) is 1.57. The van der Waals surface area contributed by atoms with Gasteiger partial charge in [0, 0.05) is 17.3 Å². The molecular weight excluding hydrogens is 314 g/mol. The molecule has 0 saturated heterocycles. The summed E-state index contributed by atoms with van der Waals surface area (Å²) in [4.78, 5) is 23.6. The third-order valence-electron chi connectivity index (χ3n) is 3.76. The Labute approximate surface area is 147 Å². The van der Waals surface area contributed by atoms with Crippen LogP contribution in [0.4, 0.5) is 5.69 Å². The number of carbonyl (C=O) groups is 2. The van der Waals surface area contributed by atoms with Crippen LogP contribution in [0.25, 0.3) is 0 Å². The van der Waals surface area contributed by atoms with Gasteiger partial charge in [-0.2, -0.15) is 5.26 Å². The van der Waals surface area contributed by atoms with Crippen LogP contribution in [0.5, 0.6) is 0 Å². The standard InChI is InChI=1S/C20H21N3O2/c1-15(7-8-16-5-3-2-4-6-16)22-20(25)17-9-11-18(12-10-17)23-19(24)13-14-21/h2-6,9-12,15H,7-8,13H2,1H3,(H,22,25)(H,23,24). The third kappa shape index (κ3) is 6.11. The number of nitrogens with one attached hydrogen (secondary N) is 2. The van der Waals surface area contributed by atoms with E-state index in [9.17, 15) is 9.59 Å². The molecule has 0 radical (unpaired) electrons. The van der Waals surface area contributed by atoms with Gasteiger partial charge in [-0.3, -0.25) is 9.59 Å². The van der Waals surface area contributed by atoms with Crippen LogP contribution in [-0.4, -0.2) is 17.9 Å². The summed E-state index contributed by atoms with van der Waals surface area (Å²) in [6.45, 7) is 1.98. The van der Waals surface area contributed by atoms with Crippen LogP contribution in [-0.2, 0) is 11.2 Å². The van der Waals surface area contributed by atoms with E-state index in [1.54, 1.807) is 30.3 Å². The molecule has 0 aromatic heterocycles. The number of carbonyl (C=O) groups excluding carboxylic acids is 2. The Morgan fingerprint density at radius 1 is 1.08 bits per heavy atom. The van der Waals surface area contributed by atoms with Gasteiger partial charge in [-0.05, 0) is 49.6 Å². The molecule has 2 aromatic carbocycles. The van der Waals surface area contributed by atoms with Crippen molar-refractivity contribution in [1.29, 1.82) is 5.26 Å². The molecule has 2 amide bonds. The quantitative estimate of drug-likeness (QED) is 0.814. The van der Waals surface area contributed by atoms with Gasteiger partial charge in [0.05, 0.1) is 6.07 Å². The van der Waals surface area contributed by atoms with Gasteiger partial charge < -0.3 is 10.6 Å². The highest BCUT2D eigenvalue weighted by molar-refractivity contribution is 5.96. The highest BCUT2D eigenvalue weighted by Gasteiger charge is 2.10. The van der Waals surface area contributed by atoms with E-state index in [0.29, 0.717) is 11.3 Å². The first-order valence-corrected chi connectivity index (χ1v) is 8.20. The molecule has 0 aliphatic rings. The topological polar surface area (TPSA) is 82.0 Å². The zero-order valence-electron chi connectivity index (χ0n) is 14.2. The van der Waals surface area contributed by atoms with E-state index in [4.69, 9.17) is 5.26 Å². The number of nitrogens with zero attached hydrogens (tertiary/aromatic N) is 1. The third-order valence-corrected chi connectivity index (χ3v) is 3.76. The van der Waals surface area contributed by atoms with Crippen LogP contribution in [0.3, 0.4) is 0 Å². The minimum Gasteiger partial charge on any atom is -0.350 e. The van der Waals surface area contributed by atoms with Crippen molar-refractivity contribution in [3.05, 3.63) is 65.7 Å². The van der Waals surface area contributed by atoms with Gasteiger partial charge in [-0.15, -0.1) is 0 Å². The number of amides is 2. The Bertz CT molecular complexity index is 749. The molecule has 2 N–H and O–H groups in total. The van der Waals surface area contributed by atoms with Gasteiger partial charge in [-0.25, -0.2) is 0 Å². The zero-order chi connectivity index (χ0) is 18.1. The number of hydrogen-bond acceptors (Lipinski definition) is 3. The molecule has 0 aliphatic heterocycles. The van der Waals surface area contributed by atoms with Crippen molar-refractivity contribution in [2.24, 2.45) is 0 Å². The first kappa shape index (κ1) is 18.2. The highest BCUT2D eigenvalue weighted by Crippen LogP contribution is 2.11. The lowest BCUT2D eigenvalue weighted by Crippen LogP contribution is -2.32. The average molecular weight is 335 g/mol. The van der Waals surface area contributed by atoms with E-state index in [1.807, 2.05) is 25.1 Å². The predicted octanol–water partition coefficient (Wildman–Crippen LogP) is 3.29. The van der Waals surface area contributed by atoms with E-state index in [-0.39, 0.29) is 24.3 Å². The van der Waals surface area contributed by atoms with E-state index in [1.165, 1.54) is 5.56 Å². The summed E-state index contributed by atoms with van der Waals surface area (Å²) in [5, 5.41) is 14.0. The molecule has 2 rings (SSSR count). The van der Waals surface area contributed by atoms with Gasteiger partial charge in [0.2, 0.25) is 5.91 Å². The fourth-order valence-electron chi connectivity index (χ4n) is 2.39. The van der Waals surface area contributed by atoms with Gasteiger partial charge in [0.25, 0.3) is 5.91 Å². The lowest BCUT2D eigenvalue weighted by Gasteiger charge is -2.14. The number of benzene rings is 2. The van der Waals surface area contributed by atoms with Crippen molar-refractivity contribution in [2.45, 2.75) is 32.2 Å². The van der Waals surface area contributed by atoms with E-state index in [2.05, 4.69) is 22.8 Å². The Hall–Kier alpha value is -3.13. The largest absolute Gasteiger partial charge is 0.350 e. The molecule has 0 fully saturated rings. The normalized spacial score (nSPS) is 11.2. The molecule has 0 aliphatic carbocycles. The molecule has 128 valence electrons. The van der Waals surface area contributed by atoms with Crippen LogP contribution in [0.1, 0.15) is 35.7 Å². The summed E-state index contributed by atoms with van der Waals surface area (Å²) in [5.41, 5.74) is 2.35. The van der Waals surface area contributed by atoms with Gasteiger partial charge in [0.15, 0.2) is 0 Å². The van der Waals surface area contributed by atoms with Crippen molar-refractivity contribution in [3.63, 3.8) is 0 Å². The summed E-state index contributed by atoms with van der Waals surface area (Å²) >= 11 is 0. The predicted molar refractivity (Wildman–Crippen MR) is 97.0 cm³/mol. The number of aryl methyl sites for hydroxylation is 1. The van der Waals surface area contributed by atoms with Crippen molar-refractivity contribution < 1.29 is 9.59 Å². The maximum Gasteiger partial charge on any atom is 0.251 e. The number of nitriles is 1. The van der Waals surface area contributed by atoms with Gasteiger partial charge in [0.1, 0.15) is 6.42 Å². The van der Waals surface area contributed by atoms with E-state index >= 15 is 0 Å². The van der Waals surface area contributed by atoms with Gasteiger partial charge >= 0.3 is 0 Å². The highest BCUT2D eigenvalue weighted by atomic mass is 16.2.